The van der Waals surface area contributed by atoms with Crippen LogP contribution in [0.2, 0.25) is 5.02 Å². The van der Waals surface area contributed by atoms with E-state index in [1.807, 2.05) is 50.2 Å². The van der Waals surface area contributed by atoms with Crippen LogP contribution in [0.15, 0.2) is 60.7 Å². The van der Waals surface area contributed by atoms with Crippen LogP contribution in [0.4, 0.5) is 11.4 Å². The molecule has 1 amide bonds. The lowest BCUT2D eigenvalue weighted by atomic mass is 9.99. The smallest absolute Gasteiger partial charge is 0.271 e. The second-order valence-corrected chi connectivity index (χ2v) is 8.30. The van der Waals surface area contributed by atoms with Crippen LogP contribution >= 0.6 is 11.6 Å². The van der Waals surface area contributed by atoms with E-state index in [0.717, 1.165) is 27.8 Å². The number of anilines is 1. The molecular formula is C25H21ClN4O4. The molecule has 0 aliphatic rings. The van der Waals surface area contributed by atoms with E-state index < -0.39 is 16.9 Å². The highest BCUT2D eigenvalue weighted by Crippen LogP contribution is 2.33. The molecule has 4 aromatic rings. The summed E-state index contributed by atoms with van der Waals surface area (Å²) in [5.41, 5.74) is 3.81. The zero-order valence-corrected chi connectivity index (χ0v) is 19.5. The van der Waals surface area contributed by atoms with Crippen LogP contribution in [-0.2, 0) is 4.79 Å². The number of nitro groups is 1. The standard InChI is InChI=1S/C25H21ClN4O4/c1-14-8-9-15(2)20(12-14)23-18-6-4-5-7-19(18)25(29-28-23)34-16(3)24(31)27-22-13-17(30(32)33)10-11-21(22)26/h4-13,16H,1-3H3,(H,27,31)/t16-/m0/s1. The molecule has 1 N–H and O–H groups in total. The van der Waals surface area contributed by atoms with Crippen molar-refractivity contribution in [2.45, 2.75) is 26.9 Å². The molecule has 0 spiro atoms. The molecule has 1 heterocycles. The highest BCUT2D eigenvalue weighted by molar-refractivity contribution is 6.33. The monoisotopic (exact) mass is 476 g/mol. The number of aromatic nitrogens is 2. The fourth-order valence-corrected chi connectivity index (χ4v) is 3.70. The number of non-ortho nitro benzene ring substituents is 1. The van der Waals surface area contributed by atoms with Crippen LogP contribution < -0.4 is 10.1 Å². The Bertz CT molecular complexity index is 1420. The van der Waals surface area contributed by atoms with Crippen molar-refractivity contribution in [3.63, 3.8) is 0 Å². The number of hydrogen-bond acceptors (Lipinski definition) is 6. The van der Waals surface area contributed by atoms with E-state index in [-0.39, 0.29) is 22.3 Å². The predicted octanol–water partition coefficient (Wildman–Crippen LogP) is 5.88. The number of fused-ring (bicyclic) bond motifs is 1. The normalized spacial score (nSPS) is 11.8. The number of nitro benzene ring substituents is 1. The molecule has 0 fully saturated rings. The minimum Gasteiger partial charge on any atom is -0.463 e. The number of carbonyl (C=O) groups excluding carboxylic acids is 1. The van der Waals surface area contributed by atoms with Gasteiger partial charge in [0.25, 0.3) is 11.6 Å². The Kier molecular flexibility index (Phi) is 6.43. The third kappa shape index (κ3) is 4.67. The third-order valence-corrected chi connectivity index (χ3v) is 5.71. The Labute approximate surface area is 200 Å². The molecule has 0 bridgehead atoms. The number of halogens is 1. The van der Waals surface area contributed by atoms with Crippen molar-refractivity contribution in [3.8, 4) is 17.1 Å². The minimum absolute atomic E-state index is 0.123. The van der Waals surface area contributed by atoms with E-state index in [9.17, 15) is 14.9 Å². The quantitative estimate of drug-likeness (QED) is 0.275. The Balaban J connectivity index is 1.63. The van der Waals surface area contributed by atoms with Gasteiger partial charge in [0.15, 0.2) is 6.10 Å². The number of aryl methyl sites for hydroxylation is 2. The topological polar surface area (TPSA) is 107 Å². The average molecular weight is 477 g/mol. The summed E-state index contributed by atoms with van der Waals surface area (Å²) in [6.07, 6.45) is -0.973. The summed E-state index contributed by atoms with van der Waals surface area (Å²) in [5.74, 6) is -0.329. The van der Waals surface area contributed by atoms with Gasteiger partial charge >= 0.3 is 0 Å². The highest BCUT2D eigenvalue weighted by atomic mass is 35.5. The van der Waals surface area contributed by atoms with Gasteiger partial charge in [0.05, 0.1) is 15.6 Å². The van der Waals surface area contributed by atoms with Crippen molar-refractivity contribution in [2.75, 3.05) is 5.32 Å². The molecule has 8 nitrogen and oxygen atoms in total. The maximum Gasteiger partial charge on any atom is 0.271 e. The van der Waals surface area contributed by atoms with Gasteiger partial charge in [-0.3, -0.25) is 14.9 Å². The number of amides is 1. The number of benzene rings is 3. The van der Waals surface area contributed by atoms with Crippen molar-refractivity contribution >= 4 is 39.7 Å². The lowest BCUT2D eigenvalue weighted by molar-refractivity contribution is -0.384. The Hall–Kier alpha value is -4.04. The average Bonchev–Trinajstić information content (AvgIpc) is 2.82. The van der Waals surface area contributed by atoms with Crippen LogP contribution in [0.3, 0.4) is 0 Å². The van der Waals surface area contributed by atoms with Gasteiger partial charge in [-0.15, -0.1) is 10.2 Å². The fraction of sp³-hybridized carbons (Fsp3) is 0.160. The van der Waals surface area contributed by atoms with Gasteiger partial charge < -0.3 is 10.1 Å². The Morgan fingerprint density at radius 2 is 1.79 bits per heavy atom. The van der Waals surface area contributed by atoms with Crippen LogP contribution in [0.25, 0.3) is 22.0 Å². The van der Waals surface area contributed by atoms with Crippen LogP contribution in [-0.4, -0.2) is 27.1 Å². The molecule has 1 atom stereocenters. The summed E-state index contributed by atoms with van der Waals surface area (Å²) in [7, 11) is 0. The Morgan fingerprint density at radius 3 is 2.53 bits per heavy atom. The van der Waals surface area contributed by atoms with Crippen molar-refractivity contribution in [2.24, 2.45) is 0 Å². The summed E-state index contributed by atoms with van der Waals surface area (Å²) < 4.78 is 5.86. The molecule has 4 rings (SSSR count). The first-order valence-corrected chi connectivity index (χ1v) is 10.9. The molecule has 0 radical (unpaired) electrons. The van der Waals surface area contributed by atoms with Gasteiger partial charge in [-0.05, 0) is 44.5 Å². The van der Waals surface area contributed by atoms with Crippen LogP contribution in [0.5, 0.6) is 5.88 Å². The molecule has 0 aliphatic carbocycles. The SMILES string of the molecule is Cc1ccc(C)c(-c2nnc(O[C@@H](C)C(=O)Nc3cc([N+](=O)[O-])ccc3Cl)c3ccccc23)c1. The van der Waals surface area contributed by atoms with Crippen LogP contribution in [0, 0.1) is 24.0 Å². The summed E-state index contributed by atoms with van der Waals surface area (Å²) in [4.78, 5) is 23.2. The second-order valence-electron chi connectivity index (χ2n) is 7.89. The number of ether oxygens (including phenoxy) is 1. The highest BCUT2D eigenvalue weighted by Gasteiger charge is 2.21. The van der Waals surface area contributed by atoms with E-state index in [2.05, 4.69) is 21.6 Å². The van der Waals surface area contributed by atoms with Gasteiger partial charge in [0, 0.05) is 28.5 Å². The van der Waals surface area contributed by atoms with Gasteiger partial charge in [0.2, 0.25) is 5.88 Å². The first-order chi connectivity index (χ1) is 16.2. The molecule has 9 heteroatoms. The molecule has 0 unspecified atom stereocenters. The van der Waals surface area contributed by atoms with Crippen molar-refractivity contribution in [1.29, 1.82) is 0 Å². The molecular weight excluding hydrogens is 456 g/mol. The van der Waals surface area contributed by atoms with Gasteiger partial charge in [-0.1, -0.05) is 47.5 Å². The fourth-order valence-electron chi connectivity index (χ4n) is 3.53. The summed E-state index contributed by atoms with van der Waals surface area (Å²) in [5, 5.41) is 24.0. The Morgan fingerprint density at radius 1 is 1.06 bits per heavy atom. The van der Waals surface area contributed by atoms with Crippen molar-refractivity contribution in [1.82, 2.24) is 10.2 Å². The summed E-state index contributed by atoms with van der Waals surface area (Å²) >= 11 is 6.09. The minimum atomic E-state index is -0.973. The van der Waals surface area contributed by atoms with Crippen LogP contribution in [0.1, 0.15) is 18.1 Å². The molecule has 1 aromatic heterocycles. The van der Waals surface area contributed by atoms with E-state index in [1.165, 1.54) is 18.2 Å². The zero-order chi connectivity index (χ0) is 24.4. The molecule has 172 valence electrons. The molecule has 0 saturated carbocycles. The molecule has 0 saturated heterocycles. The largest absolute Gasteiger partial charge is 0.463 e. The zero-order valence-electron chi connectivity index (χ0n) is 18.7. The second kappa shape index (κ2) is 9.44. The molecule has 34 heavy (non-hydrogen) atoms. The van der Waals surface area contributed by atoms with Gasteiger partial charge in [-0.25, -0.2) is 0 Å². The number of nitrogens with zero attached hydrogens (tertiary/aromatic N) is 3. The summed E-state index contributed by atoms with van der Waals surface area (Å²) in [6, 6.07) is 17.5. The number of hydrogen-bond donors (Lipinski definition) is 1. The lowest BCUT2D eigenvalue weighted by Crippen LogP contribution is -2.30. The van der Waals surface area contributed by atoms with E-state index in [0.29, 0.717) is 5.39 Å². The van der Waals surface area contributed by atoms with Gasteiger partial charge in [-0.2, -0.15) is 0 Å². The van der Waals surface area contributed by atoms with E-state index in [1.54, 1.807) is 6.92 Å². The predicted molar refractivity (Wildman–Crippen MR) is 131 cm³/mol. The molecule has 3 aromatic carbocycles. The number of carbonyl (C=O) groups is 1. The first-order valence-electron chi connectivity index (χ1n) is 10.5. The maximum absolute atomic E-state index is 12.7. The maximum atomic E-state index is 12.7. The van der Waals surface area contributed by atoms with E-state index in [4.69, 9.17) is 16.3 Å². The third-order valence-electron chi connectivity index (χ3n) is 5.38. The lowest BCUT2D eigenvalue weighted by Gasteiger charge is -2.17. The van der Waals surface area contributed by atoms with Gasteiger partial charge in [0.1, 0.15) is 5.69 Å². The summed E-state index contributed by atoms with van der Waals surface area (Å²) in [6.45, 7) is 5.58. The van der Waals surface area contributed by atoms with Crippen molar-refractivity contribution in [3.05, 3.63) is 86.9 Å². The molecule has 0 aliphatic heterocycles. The number of nitrogens with one attached hydrogen (secondary N) is 1. The number of rotatable bonds is 6. The first kappa shape index (κ1) is 23.1. The van der Waals surface area contributed by atoms with Crippen molar-refractivity contribution < 1.29 is 14.5 Å². The van der Waals surface area contributed by atoms with E-state index >= 15 is 0 Å².